The number of anilines is 1. The largest absolute Gasteiger partial charge is 0.508 e. The maximum Gasteiger partial charge on any atom is 0.191 e. The van der Waals surface area contributed by atoms with Gasteiger partial charge in [0.25, 0.3) is 0 Å². The highest BCUT2D eigenvalue weighted by Crippen LogP contribution is 2.25. The standard InChI is InChI=1S/C15H13Cl2N3OS/c1-9(10-2-5-12(21)6-3-10)19-20-15(22)18-14-7-4-11(16)8-13(14)17/h2-8,21H,1H3,(H2,18,20,22)/b19-9+. The van der Waals surface area contributed by atoms with Crippen molar-refractivity contribution in [3.05, 3.63) is 58.1 Å². The Morgan fingerprint density at radius 2 is 1.82 bits per heavy atom. The molecule has 114 valence electrons. The molecule has 0 saturated carbocycles. The van der Waals surface area contributed by atoms with Gasteiger partial charge in [0.15, 0.2) is 5.11 Å². The minimum Gasteiger partial charge on any atom is -0.508 e. The Balaban J connectivity index is 1.99. The second kappa shape index (κ2) is 7.45. The number of halogens is 2. The molecule has 0 spiro atoms. The van der Waals surface area contributed by atoms with Crippen LogP contribution in [0.5, 0.6) is 5.75 Å². The molecule has 3 N–H and O–H groups in total. The molecule has 0 radical (unpaired) electrons. The molecule has 0 bridgehead atoms. The van der Waals surface area contributed by atoms with Gasteiger partial charge in [0.05, 0.1) is 16.4 Å². The van der Waals surface area contributed by atoms with E-state index in [1.165, 1.54) is 0 Å². The number of nitrogens with zero attached hydrogens (tertiary/aromatic N) is 1. The zero-order valence-electron chi connectivity index (χ0n) is 11.6. The molecule has 0 aliphatic rings. The van der Waals surface area contributed by atoms with E-state index in [0.717, 1.165) is 11.3 Å². The topological polar surface area (TPSA) is 56.7 Å². The van der Waals surface area contributed by atoms with Crippen molar-refractivity contribution < 1.29 is 5.11 Å². The second-order valence-electron chi connectivity index (χ2n) is 4.43. The van der Waals surface area contributed by atoms with Crippen LogP contribution >= 0.6 is 35.4 Å². The van der Waals surface area contributed by atoms with Gasteiger partial charge in [-0.15, -0.1) is 0 Å². The quantitative estimate of drug-likeness (QED) is 0.434. The molecule has 2 aromatic rings. The fraction of sp³-hybridized carbons (Fsp3) is 0.0667. The van der Waals surface area contributed by atoms with Crippen molar-refractivity contribution in [3.63, 3.8) is 0 Å². The van der Waals surface area contributed by atoms with Crippen molar-refractivity contribution in [1.29, 1.82) is 0 Å². The van der Waals surface area contributed by atoms with E-state index in [1.54, 1.807) is 42.5 Å². The molecule has 0 saturated heterocycles. The Labute approximate surface area is 143 Å². The van der Waals surface area contributed by atoms with E-state index >= 15 is 0 Å². The maximum absolute atomic E-state index is 9.26. The Bertz CT molecular complexity index is 717. The fourth-order valence-corrected chi connectivity index (χ4v) is 2.25. The average molecular weight is 354 g/mol. The average Bonchev–Trinajstić information content (AvgIpc) is 2.48. The predicted molar refractivity (Wildman–Crippen MR) is 96.1 cm³/mol. The predicted octanol–water partition coefficient (Wildman–Crippen LogP) is 4.41. The van der Waals surface area contributed by atoms with Crippen LogP contribution < -0.4 is 10.7 Å². The number of hydrogen-bond acceptors (Lipinski definition) is 3. The smallest absolute Gasteiger partial charge is 0.191 e. The van der Waals surface area contributed by atoms with E-state index in [2.05, 4.69) is 15.8 Å². The van der Waals surface area contributed by atoms with E-state index in [4.69, 9.17) is 35.4 Å². The zero-order chi connectivity index (χ0) is 16.1. The third kappa shape index (κ3) is 4.59. The highest BCUT2D eigenvalue weighted by atomic mass is 35.5. The van der Waals surface area contributed by atoms with Crippen molar-refractivity contribution in [1.82, 2.24) is 5.43 Å². The number of aromatic hydroxyl groups is 1. The van der Waals surface area contributed by atoms with Gasteiger partial charge in [-0.05, 0) is 67.2 Å². The van der Waals surface area contributed by atoms with Gasteiger partial charge in [-0.3, -0.25) is 5.43 Å². The van der Waals surface area contributed by atoms with Crippen LogP contribution in [0.1, 0.15) is 12.5 Å². The summed E-state index contributed by atoms with van der Waals surface area (Å²) in [6.45, 7) is 1.83. The number of phenolic OH excluding ortho intramolecular Hbond substituents is 1. The molecule has 0 aliphatic carbocycles. The molecule has 0 unspecified atom stereocenters. The minimum absolute atomic E-state index is 0.207. The number of rotatable bonds is 3. The number of benzene rings is 2. The van der Waals surface area contributed by atoms with Crippen molar-refractivity contribution in [2.75, 3.05) is 5.32 Å². The minimum atomic E-state index is 0.207. The normalized spacial score (nSPS) is 11.1. The Morgan fingerprint density at radius 1 is 1.14 bits per heavy atom. The van der Waals surface area contributed by atoms with Crippen LogP contribution in [-0.4, -0.2) is 15.9 Å². The first kappa shape index (κ1) is 16.5. The summed E-state index contributed by atoms with van der Waals surface area (Å²) < 4.78 is 0. The SMILES string of the molecule is C/C(=N\NC(=S)Nc1ccc(Cl)cc1Cl)c1ccc(O)cc1. The lowest BCUT2D eigenvalue weighted by atomic mass is 10.1. The summed E-state index contributed by atoms with van der Waals surface area (Å²) in [5.74, 6) is 0.207. The summed E-state index contributed by atoms with van der Waals surface area (Å²) in [6, 6.07) is 11.8. The lowest BCUT2D eigenvalue weighted by Gasteiger charge is -2.10. The lowest BCUT2D eigenvalue weighted by Crippen LogP contribution is -2.25. The third-order valence-corrected chi connectivity index (χ3v) is 3.53. The van der Waals surface area contributed by atoms with Gasteiger partial charge < -0.3 is 10.4 Å². The molecule has 0 atom stereocenters. The van der Waals surface area contributed by atoms with Crippen LogP contribution in [0.3, 0.4) is 0 Å². The molecule has 0 amide bonds. The van der Waals surface area contributed by atoms with Crippen molar-refractivity contribution in [3.8, 4) is 5.75 Å². The van der Waals surface area contributed by atoms with Crippen LogP contribution in [0.25, 0.3) is 0 Å². The van der Waals surface area contributed by atoms with Crippen LogP contribution in [0.4, 0.5) is 5.69 Å². The number of nitrogens with one attached hydrogen (secondary N) is 2. The van der Waals surface area contributed by atoms with Crippen molar-refractivity contribution in [2.45, 2.75) is 6.92 Å². The molecule has 0 fully saturated rings. The Kier molecular flexibility index (Phi) is 5.60. The molecule has 2 aromatic carbocycles. The summed E-state index contributed by atoms with van der Waals surface area (Å²) in [7, 11) is 0. The van der Waals surface area contributed by atoms with E-state index in [1.807, 2.05) is 6.92 Å². The first-order valence-corrected chi connectivity index (χ1v) is 7.48. The van der Waals surface area contributed by atoms with Crippen LogP contribution in [-0.2, 0) is 0 Å². The van der Waals surface area contributed by atoms with Gasteiger partial charge in [-0.2, -0.15) is 5.10 Å². The van der Waals surface area contributed by atoms with Gasteiger partial charge in [0.2, 0.25) is 0 Å². The van der Waals surface area contributed by atoms with Gasteiger partial charge in [-0.25, -0.2) is 0 Å². The van der Waals surface area contributed by atoms with E-state index < -0.39 is 0 Å². The highest BCUT2D eigenvalue weighted by Gasteiger charge is 2.03. The van der Waals surface area contributed by atoms with Crippen molar-refractivity contribution >= 4 is 51.9 Å². The number of thiocarbonyl (C=S) groups is 1. The number of hydrazone groups is 1. The summed E-state index contributed by atoms with van der Waals surface area (Å²) >= 11 is 17.0. The zero-order valence-corrected chi connectivity index (χ0v) is 13.9. The molecular formula is C15H13Cl2N3OS. The third-order valence-electron chi connectivity index (χ3n) is 2.79. The van der Waals surface area contributed by atoms with E-state index in [0.29, 0.717) is 20.8 Å². The molecule has 2 rings (SSSR count). The molecule has 4 nitrogen and oxygen atoms in total. The molecule has 0 aliphatic heterocycles. The lowest BCUT2D eigenvalue weighted by molar-refractivity contribution is 0.475. The monoisotopic (exact) mass is 353 g/mol. The summed E-state index contributed by atoms with van der Waals surface area (Å²) in [6.07, 6.45) is 0. The van der Waals surface area contributed by atoms with Crippen LogP contribution in [0.2, 0.25) is 10.0 Å². The molecule has 0 aromatic heterocycles. The first-order chi connectivity index (χ1) is 10.5. The molecule has 22 heavy (non-hydrogen) atoms. The van der Waals surface area contributed by atoms with Gasteiger partial charge in [0.1, 0.15) is 5.75 Å². The van der Waals surface area contributed by atoms with Crippen LogP contribution in [0, 0.1) is 0 Å². The van der Waals surface area contributed by atoms with Crippen molar-refractivity contribution in [2.24, 2.45) is 5.10 Å². The number of phenols is 1. The molecule has 7 heteroatoms. The number of hydrogen-bond donors (Lipinski definition) is 3. The van der Waals surface area contributed by atoms with Gasteiger partial charge >= 0.3 is 0 Å². The van der Waals surface area contributed by atoms with Gasteiger partial charge in [-0.1, -0.05) is 23.2 Å². The molecule has 0 heterocycles. The Morgan fingerprint density at radius 3 is 2.45 bits per heavy atom. The van der Waals surface area contributed by atoms with Gasteiger partial charge in [0, 0.05) is 5.02 Å². The maximum atomic E-state index is 9.26. The fourth-order valence-electron chi connectivity index (χ4n) is 1.64. The molecular weight excluding hydrogens is 341 g/mol. The second-order valence-corrected chi connectivity index (χ2v) is 5.69. The Hall–Kier alpha value is -1.82. The van der Waals surface area contributed by atoms with E-state index in [-0.39, 0.29) is 5.75 Å². The summed E-state index contributed by atoms with van der Waals surface area (Å²) in [5.41, 5.74) is 4.98. The summed E-state index contributed by atoms with van der Waals surface area (Å²) in [4.78, 5) is 0. The highest BCUT2D eigenvalue weighted by molar-refractivity contribution is 7.80. The summed E-state index contributed by atoms with van der Waals surface area (Å²) in [5, 5.41) is 17.7. The van der Waals surface area contributed by atoms with E-state index in [9.17, 15) is 5.11 Å². The van der Waals surface area contributed by atoms with Crippen LogP contribution in [0.15, 0.2) is 47.6 Å². The first-order valence-electron chi connectivity index (χ1n) is 6.31.